The van der Waals surface area contributed by atoms with Crippen LogP contribution in [0.2, 0.25) is 10.0 Å². The zero-order chi connectivity index (χ0) is 24.7. The minimum atomic E-state index is -4.80. The number of rotatable bonds is 2. The third-order valence-corrected chi connectivity index (χ3v) is 7.70. The summed E-state index contributed by atoms with van der Waals surface area (Å²) in [4.78, 5) is 7.39. The number of hydrogen-bond acceptors (Lipinski definition) is 9. The molecule has 0 aromatic heterocycles. The van der Waals surface area contributed by atoms with E-state index in [4.69, 9.17) is 38.4 Å². The van der Waals surface area contributed by atoms with Crippen molar-refractivity contribution in [2.24, 2.45) is 9.98 Å². The van der Waals surface area contributed by atoms with E-state index in [9.17, 15) is 25.9 Å². The predicted molar refractivity (Wildman–Crippen MR) is 120 cm³/mol. The molecule has 0 fully saturated rings. The summed E-state index contributed by atoms with van der Waals surface area (Å²) in [5.41, 5.74) is 5.63. The summed E-state index contributed by atoms with van der Waals surface area (Å²) in [6.45, 7) is 1.46. The first-order valence-electron chi connectivity index (χ1n) is 9.14. The van der Waals surface area contributed by atoms with Gasteiger partial charge in [0.25, 0.3) is 20.2 Å². The number of hydrogen-bond donors (Lipinski definition) is 3. The highest BCUT2D eigenvalue weighted by molar-refractivity contribution is 7.86. The smallest absolute Gasteiger partial charge is 0.300 e. The highest BCUT2D eigenvalue weighted by Crippen LogP contribution is 2.47. The van der Waals surface area contributed by atoms with Gasteiger partial charge in [-0.25, -0.2) is 9.98 Å². The lowest BCUT2D eigenvalue weighted by atomic mass is 10.1. The van der Waals surface area contributed by atoms with Crippen LogP contribution in [0.1, 0.15) is 5.56 Å². The first kappa shape index (κ1) is 22.8. The Morgan fingerprint density at radius 2 is 1.21 bits per heavy atom. The standard InChI is InChI=1S/C19H11Cl2N3O8S2/c1-6-2-4-8-14(18(6)33(25,26)27)31-16-10(20)13-17(11(21)12(16)23-8)32-15-9(24-13)5-3-7(22)19(15)34(28,29)30/h2-5H,22H2,1H3,(H,25,26,27)(H,28,29,30). The monoisotopic (exact) mass is 543 g/mol. The number of nitrogen functional groups attached to an aromatic ring is 1. The van der Waals surface area contributed by atoms with E-state index in [1.54, 1.807) is 0 Å². The van der Waals surface area contributed by atoms with Crippen molar-refractivity contribution in [2.75, 3.05) is 5.73 Å². The van der Waals surface area contributed by atoms with Crippen LogP contribution < -0.4 is 25.9 Å². The van der Waals surface area contributed by atoms with E-state index in [1.807, 2.05) is 0 Å². The van der Waals surface area contributed by atoms with Crippen molar-refractivity contribution in [1.29, 1.82) is 0 Å². The average Bonchev–Trinajstić information content (AvgIpc) is 2.73. The van der Waals surface area contributed by atoms with E-state index >= 15 is 0 Å². The number of nitrogens with two attached hydrogens (primary N) is 1. The van der Waals surface area contributed by atoms with Crippen molar-refractivity contribution in [1.82, 2.24) is 0 Å². The lowest BCUT2D eigenvalue weighted by molar-refractivity contribution is 0.427. The third kappa shape index (κ3) is 3.32. The van der Waals surface area contributed by atoms with Crippen LogP contribution in [0, 0.1) is 6.92 Å². The van der Waals surface area contributed by atoms with Gasteiger partial charge in [-0.15, -0.1) is 0 Å². The fourth-order valence-electron chi connectivity index (χ4n) is 3.63. The molecule has 2 heterocycles. The van der Waals surface area contributed by atoms with Gasteiger partial charge in [0.2, 0.25) is 0 Å². The molecule has 2 aliphatic heterocycles. The van der Waals surface area contributed by atoms with Crippen LogP contribution in [-0.2, 0) is 20.2 Å². The van der Waals surface area contributed by atoms with Crippen LogP contribution in [0.3, 0.4) is 0 Å². The molecule has 0 radical (unpaired) electrons. The van der Waals surface area contributed by atoms with Crippen LogP contribution in [0.5, 0.6) is 23.0 Å². The molecule has 15 heteroatoms. The molecule has 0 unspecified atom stereocenters. The molecule has 0 amide bonds. The van der Waals surface area contributed by atoms with Gasteiger partial charge in [-0.05, 0) is 30.7 Å². The average molecular weight is 544 g/mol. The summed E-state index contributed by atoms with van der Waals surface area (Å²) in [6.07, 6.45) is 0. The molecule has 0 bridgehead atoms. The summed E-state index contributed by atoms with van der Waals surface area (Å²) in [7, 11) is -9.48. The number of nitrogens with zero attached hydrogens (tertiary/aromatic N) is 2. The number of aryl methyl sites for hydroxylation is 1. The van der Waals surface area contributed by atoms with E-state index in [1.165, 1.54) is 31.2 Å². The second-order valence-corrected chi connectivity index (χ2v) is 10.7. The molecular weight excluding hydrogens is 533 g/mol. The van der Waals surface area contributed by atoms with E-state index in [2.05, 4.69) is 9.98 Å². The van der Waals surface area contributed by atoms with E-state index in [-0.39, 0.29) is 66.4 Å². The van der Waals surface area contributed by atoms with Crippen LogP contribution in [0.15, 0.2) is 44.0 Å². The Morgan fingerprint density at radius 3 is 1.68 bits per heavy atom. The maximum Gasteiger partial charge on any atom is 0.300 e. The maximum absolute atomic E-state index is 12.0. The van der Waals surface area contributed by atoms with Gasteiger partial charge in [0, 0.05) is 0 Å². The normalized spacial score (nSPS) is 13.8. The van der Waals surface area contributed by atoms with E-state index in [0.29, 0.717) is 0 Å². The molecule has 0 spiro atoms. The molecule has 3 aromatic carbocycles. The van der Waals surface area contributed by atoms with Gasteiger partial charge in [0.1, 0.15) is 37.0 Å². The summed E-state index contributed by atoms with van der Waals surface area (Å²) >= 11 is 13.0. The number of halogens is 2. The Balaban J connectivity index is 1.84. The highest BCUT2D eigenvalue weighted by Gasteiger charge is 2.33. The van der Waals surface area contributed by atoms with Crippen molar-refractivity contribution < 1.29 is 35.4 Å². The third-order valence-electron chi connectivity index (χ3n) is 5.04. The molecule has 2 aliphatic rings. The summed E-state index contributed by atoms with van der Waals surface area (Å²) in [5.74, 6) is -0.971. The molecule has 4 N–H and O–H groups in total. The van der Waals surface area contributed by atoms with Crippen LogP contribution in [-0.4, -0.2) is 25.9 Å². The van der Waals surface area contributed by atoms with Crippen LogP contribution in [0.25, 0.3) is 0 Å². The van der Waals surface area contributed by atoms with Gasteiger partial charge < -0.3 is 15.2 Å². The number of benzene rings is 3. The Hall–Kier alpha value is -2.94. The Bertz CT molecular complexity index is 1670. The fraction of sp³-hybridized carbons (Fsp3) is 0.0526. The molecule has 5 rings (SSSR count). The maximum atomic E-state index is 12.0. The molecule has 0 atom stereocenters. The molecule has 34 heavy (non-hydrogen) atoms. The minimum absolute atomic E-state index is 0.0275. The number of ether oxygens (including phenoxy) is 2. The van der Waals surface area contributed by atoms with Gasteiger partial charge in [-0.3, -0.25) is 9.11 Å². The van der Waals surface area contributed by atoms with E-state index in [0.717, 1.165) is 0 Å². The van der Waals surface area contributed by atoms with Gasteiger partial charge in [0.15, 0.2) is 27.9 Å². The molecule has 0 saturated heterocycles. The largest absolute Gasteiger partial charge is 0.450 e. The van der Waals surface area contributed by atoms with Crippen LogP contribution in [0.4, 0.5) is 17.1 Å². The Morgan fingerprint density at radius 1 is 0.765 bits per heavy atom. The van der Waals surface area contributed by atoms with Gasteiger partial charge in [0.05, 0.1) is 5.69 Å². The lowest BCUT2D eigenvalue weighted by Crippen LogP contribution is -2.23. The van der Waals surface area contributed by atoms with Gasteiger partial charge in [-0.2, -0.15) is 16.8 Å². The van der Waals surface area contributed by atoms with Crippen molar-refractivity contribution >= 4 is 60.5 Å². The molecule has 0 saturated carbocycles. The Labute approximate surface area is 201 Å². The second kappa shape index (κ2) is 7.28. The summed E-state index contributed by atoms with van der Waals surface area (Å²) < 4.78 is 78.4. The van der Waals surface area contributed by atoms with Gasteiger partial charge in [-0.1, -0.05) is 29.3 Å². The zero-order valence-corrected chi connectivity index (χ0v) is 19.8. The number of fused-ring (bicyclic) bond motifs is 4. The molecular formula is C19H11Cl2N3O8S2. The lowest BCUT2D eigenvalue weighted by Gasteiger charge is -2.23. The first-order chi connectivity index (χ1) is 15.8. The molecule has 0 aliphatic carbocycles. The van der Waals surface area contributed by atoms with Crippen molar-refractivity contribution in [3.05, 3.63) is 50.6 Å². The zero-order valence-electron chi connectivity index (χ0n) is 16.7. The highest BCUT2D eigenvalue weighted by atomic mass is 35.5. The fourth-order valence-corrected chi connectivity index (χ4v) is 5.75. The van der Waals surface area contributed by atoms with E-state index < -0.39 is 30.0 Å². The SMILES string of the molecule is Cc1ccc2c(c1S(=O)(=O)O)Oc1c(Cl)c3c(c(Cl)c1=N2)Oc1c(ccc(N)c1S(=O)(=O)O)N=3. The topological polar surface area (TPSA) is 178 Å². The summed E-state index contributed by atoms with van der Waals surface area (Å²) in [5, 5.41) is -0.489. The number of anilines is 1. The molecule has 11 nitrogen and oxygen atoms in total. The van der Waals surface area contributed by atoms with Gasteiger partial charge >= 0.3 is 0 Å². The predicted octanol–water partition coefficient (Wildman–Crippen LogP) is 3.49. The van der Waals surface area contributed by atoms with Crippen molar-refractivity contribution in [3.8, 4) is 23.0 Å². The quantitative estimate of drug-likeness (QED) is 0.222. The minimum Gasteiger partial charge on any atom is -0.450 e. The summed E-state index contributed by atoms with van der Waals surface area (Å²) in [6, 6.07) is 5.41. The van der Waals surface area contributed by atoms with Crippen molar-refractivity contribution in [2.45, 2.75) is 16.7 Å². The van der Waals surface area contributed by atoms with Crippen molar-refractivity contribution in [3.63, 3.8) is 0 Å². The molecule has 3 aromatic rings. The first-order valence-corrected chi connectivity index (χ1v) is 12.8. The Kier molecular flexibility index (Phi) is 4.89. The second-order valence-electron chi connectivity index (χ2n) is 7.25. The molecule has 176 valence electrons. The van der Waals surface area contributed by atoms with Crippen LogP contribution >= 0.6 is 23.2 Å².